The topological polar surface area (TPSA) is 80.9 Å². The minimum Gasteiger partial charge on any atom is -0.504 e. The average molecular weight is 226 g/mol. The molecule has 90 valence electrons. The Morgan fingerprint density at radius 3 is 1.62 bits per heavy atom. The van der Waals surface area contributed by atoms with Gasteiger partial charge in [-0.1, -0.05) is 20.8 Å². The van der Waals surface area contributed by atoms with Crippen LogP contribution in [0.4, 0.5) is 0 Å². The van der Waals surface area contributed by atoms with E-state index in [1.165, 1.54) is 0 Å². The number of aromatic hydroxyl groups is 4. The van der Waals surface area contributed by atoms with Crippen molar-refractivity contribution >= 4 is 0 Å². The second kappa shape index (κ2) is 4.51. The smallest absolute Gasteiger partial charge is 0.165 e. The first-order valence-electron chi connectivity index (χ1n) is 5.44. The lowest BCUT2D eigenvalue weighted by Crippen LogP contribution is -1.96. The predicted molar refractivity (Wildman–Crippen MR) is 61.2 cm³/mol. The molecule has 1 aromatic carbocycles. The molecule has 0 amide bonds. The van der Waals surface area contributed by atoms with Gasteiger partial charge in [0.2, 0.25) is 0 Å². The molecule has 0 saturated heterocycles. The van der Waals surface area contributed by atoms with E-state index in [0.717, 1.165) is 0 Å². The number of hydrogen-bond donors (Lipinski definition) is 4. The molecule has 0 heterocycles. The van der Waals surface area contributed by atoms with Crippen molar-refractivity contribution in [2.24, 2.45) is 0 Å². The molecule has 0 spiro atoms. The van der Waals surface area contributed by atoms with Crippen LogP contribution in [-0.4, -0.2) is 20.4 Å². The monoisotopic (exact) mass is 226 g/mol. The second-order valence-electron chi connectivity index (χ2n) is 3.95. The first-order chi connectivity index (χ1) is 7.45. The van der Waals surface area contributed by atoms with Gasteiger partial charge in [0.25, 0.3) is 0 Å². The van der Waals surface area contributed by atoms with Crippen LogP contribution in [-0.2, 0) is 6.42 Å². The zero-order chi connectivity index (χ0) is 12.5. The van der Waals surface area contributed by atoms with Crippen molar-refractivity contribution in [2.75, 3.05) is 0 Å². The molecule has 1 aromatic rings. The molecule has 4 nitrogen and oxygen atoms in total. The molecule has 0 saturated carbocycles. The maximum atomic E-state index is 9.80. The summed E-state index contributed by atoms with van der Waals surface area (Å²) < 4.78 is 0. The predicted octanol–water partition coefficient (Wildman–Crippen LogP) is 2.58. The Bertz CT molecular complexity index is 369. The average Bonchev–Trinajstić information content (AvgIpc) is 2.27. The minimum atomic E-state index is -0.340. The second-order valence-corrected chi connectivity index (χ2v) is 3.95. The van der Waals surface area contributed by atoms with E-state index in [2.05, 4.69) is 0 Å². The maximum Gasteiger partial charge on any atom is 0.165 e. The molecular formula is C12H18O4. The van der Waals surface area contributed by atoms with E-state index in [9.17, 15) is 20.4 Å². The number of phenolic OH excluding ortho intramolecular Hbond substituents is 4. The normalized spacial score (nSPS) is 12.7. The van der Waals surface area contributed by atoms with Crippen LogP contribution in [0.25, 0.3) is 0 Å². The van der Waals surface area contributed by atoms with Gasteiger partial charge in [-0.25, -0.2) is 0 Å². The fourth-order valence-electron chi connectivity index (χ4n) is 1.77. The largest absolute Gasteiger partial charge is 0.504 e. The van der Waals surface area contributed by atoms with Crippen LogP contribution in [0.5, 0.6) is 23.0 Å². The summed E-state index contributed by atoms with van der Waals surface area (Å²) in [7, 11) is 0. The van der Waals surface area contributed by atoms with Gasteiger partial charge >= 0.3 is 0 Å². The maximum absolute atomic E-state index is 9.80. The number of benzene rings is 1. The Morgan fingerprint density at radius 2 is 1.31 bits per heavy atom. The number of rotatable bonds is 3. The lowest BCUT2D eigenvalue weighted by atomic mass is 9.93. The van der Waals surface area contributed by atoms with Crippen LogP contribution in [0, 0.1) is 0 Å². The molecule has 0 fully saturated rings. The molecule has 0 aliphatic heterocycles. The highest BCUT2D eigenvalue weighted by atomic mass is 16.3. The van der Waals surface area contributed by atoms with Gasteiger partial charge in [-0.2, -0.15) is 0 Å². The fraction of sp³-hybridized carbons (Fsp3) is 0.500. The first kappa shape index (κ1) is 12.5. The van der Waals surface area contributed by atoms with Crippen molar-refractivity contribution in [3.05, 3.63) is 11.1 Å². The van der Waals surface area contributed by atoms with Gasteiger partial charge in [0.15, 0.2) is 23.0 Å². The molecular weight excluding hydrogens is 208 g/mol. The van der Waals surface area contributed by atoms with Crippen LogP contribution >= 0.6 is 0 Å². The molecule has 0 aliphatic carbocycles. The van der Waals surface area contributed by atoms with Gasteiger partial charge in [0.1, 0.15) is 0 Å². The Labute approximate surface area is 94.8 Å². The van der Waals surface area contributed by atoms with Gasteiger partial charge in [-0.15, -0.1) is 0 Å². The van der Waals surface area contributed by atoms with Crippen molar-refractivity contribution in [3.8, 4) is 23.0 Å². The Hall–Kier alpha value is -1.58. The van der Waals surface area contributed by atoms with Gasteiger partial charge in [0.05, 0.1) is 0 Å². The van der Waals surface area contributed by atoms with Crippen molar-refractivity contribution in [1.82, 2.24) is 0 Å². The quantitative estimate of drug-likeness (QED) is 0.471. The standard InChI is InChI=1S/C12H18O4/c1-4-6(3)8-11(15)9(13)7(5-2)10(14)12(8)16/h6,13-16H,4-5H2,1-3H3. The molecule has 0 aliphatic rings. The third kappa shape index (κ3) is 1.75. The summed E-state index contributed by atoms with van der Waals surface area (Å²) >= 11 is 0. The molecule has 4 heteroatoms. The van der Waals surface area contributed by atoms with Gasteiger partial charge in [-0.05, 0) is 18.8 Å². The SMILES string of the molecule is CCc1c(O)c(O)c(C(C)CC)c(O)c1O. The van der Waals surface area contributed by atoms with Crippen molar-refractivity contribution in [2.45, 2.75) is 39.5 Å². The zero-order valence-electron chi connectivity index (χ0n) is 9.78. The van der Waals surface area contributed by atoms with E-state index >= 15 is 0 Å². The molecule has 0 bridgehead atoms. The van der Waals surface area contributed by atoms with E-state index in [0.29, 0.717) is 12.8 Å². The molecule has 1 atom stereocenters. The third-order valence-electron chi connectivity index (χ3n) is 2.99. The van der Waals surface area contributed by atoms with E-state index in [1.54, 1.807) is 13.8 Å². The van der Waals surface area contributed by atoms with Gasteiger partial charge in [0, 0.05) is 11.1 Å². The van der Waals surface area contributed by atoms with Crippen LogP contribution in [0.15, 0.2) is 0 Å². The summed E-state index contributed by atoms with van der Waals surface area (Å²) in [4.78, 5) is 0. The molecule has 16 heavy (non-hydrogen) atoms. The third-order valence-corrected chi connectivity index (χ3v) is 2.99. The summed E-state index contributed by atoms with van der Waals surface area (Å²) in [6.07, 6.45) is 1.02. The molecule has 1 rings (SSSR count). The molecule has 0 radical (unpaired) electrons. The first-order valence-corrected chi connectivity index (χ1v) is 5.44. The Kier molecular flexibility index (Phi) is 3.52. The summed E-state index contributed by atoms with van der Waals surface area (Å²) in [6.45, 7) is 5.42. The van der Waals surface area contributed by atoms with E-state index in [1.807, 2.05) is 6.92 Å². The van der Waals surface area contributed by atoms with Gasteiger partial charge < -0.3 is 20.4 Å². The van der Waals surface area contributed by atoms with E-state index in [-0.39, 0.29) is 40.0 Å². The zero-order valence-corrected chi connectivity index (χ0v) is 9.78. The van der Waals surface area contributed by atoms with Crippen LogP contribution in [0.2, 0.25) is 0 Å². The van der Waals surface area contributed by atoms with Crippen LogP contribution in [0.1, 0.15) is 44.2 Å². The summed E-state index contributed by atoms with van der Waals surface area (Å²) in [5, 5.41) is 39.0. The Morgan fingerprint density at radius 1 is 0.875 bits per heavy atom. The highest BCUT2D eigenvalue weighted by molar-refractivity contribution is 5.65. The van der Waals surface area contributed by atoms with Crippen LogP contribution in [0.3, 0.4) is 0 Å². The number of hydrogen-bond acceptors (Lipinski definition) is 4. The highest BCUT2D eigenvalue weighted by Crippen LogP contribution is 2.49. The fourth-order valence-corrected chi connectivity index (χ4v) is 1.77. The Balaban J connectivity index is 3.53. The van der Waals surface area contributed by atoms with Crippen molar-refractivity contribution < 1.29 is 20.4 Å². The van der Waals surface area contributed by atoms with Gasteiger partial charge in [-0.3, -0.25) is 0 Å². The summed E-state index contributed by atoms with van der Waals surface area (Å²) in [5.41, 5.74) is 0.372. The number of phenols is 4. The molecule has 0 aromatic heterocycles. The lowest BCUT2D eigenvalue weighted by molar-refractivity contribution is 0.355. The summed E-state index contributed by atoms with van der Waals surface area (Å²) in [6, 6.07) is 0. The van der Waals surface area contributed by atoms with E-state index in [4.69, 9.17) is 0 Å². The molecule has 4 N–H and O–H groups in total. The van der Waals surface area contributed by atoms with E-state index < -0.39 is 0 Å². The lowest BCUT2D eigenvalue weighted by Gasteiger charge is -2.18. The van der Waals surface area contributed by atoms with Crippen LogP contribution < -0.4 is 0 Å². The highest BCUT2D eigenvalue weighted by Gasteiger charge is 2.24. The van der Waals surface area contributed by atoms with Crippen molar-refractivity contribution in [1.29, 1.82) is 0 Å². The van der Waals surface area contributed by atoms with Crippen molar-refractivity contribution in [3.63, 3.8) is 0 Å². The molecule has 1 unspecified atom stereocenters. The summed E-state index contributed by atoms with van der Waals surface area (Å²) in [5.74, 6) is -1.48. The minimum absolute atomic E-state index is 0.136.